The molecule has 0 aromatic rings. The van der Waals surface area contributed by atoms with Gasteiger partial charge in [-0.2, -0.15) is 0 Å². The number of nitrogens with zero attached hydrogens (tertiary/aromatic N) is 1. The summed E-state index contributed by atoms with van der Waals surface area (Å²) in [4.78, 5) is 0. The van der Waals surface area contributed by atoms with Crippen LogP contribution in [0.15, 0.2) is 0 Å². The number of hydrazine groups is 1. The third-order valence-electron chi connectivity index (χ3n) is 3.14. The van der Waals surface area contributed by atoms with Crippen molar-refractivity contribution in [3.63, 3.8) is 0 Å². The van der Waals surface area contributed by atoms with Crippen LogP contribution in [0, 0.1) is 5.92 Å². The lowest BCUT2D eigenvalue weighted by atomic mass is 9.96. The van der Waals surface area contributed by atoms with Gasteiger partial charge >= 0.3 is 0 Å². The van der Waals surface area contributed by atoms with E-state index in [-0.39, 0.29) is 5.54 Å². The van der Waals surface area contributed by atoms with Crippen molar-refractivity contribution in [3.8, 4) is 0 Å². The Hall–Kier alpha value is -0.120. The molecule has 0 heterocycles. The number of rotatable bonds is 4. The van der Waals surface area contributed by atoms with Crippen molar-refractivity contribution in [2.75, 3.05) is 20.6 Å². The van der Waals surface area contributed by atoms with Crippen LogP contribution < -0.4 is 11.2 Å². The van der Waals surface area contributed by atoms with Crippen molar-refractivity contribution in [1.82, 2.24) is 10.4 Å². The molecule has 1 fully saturated rings. The molecule has 0 bridgehead atoms. The maximum absolute atomic E-state index is 5.84. The van der Waals surface area contributed by atoms with Gasteiger partial charge in [0.25, 0.3) is 0 Å². The summed E-state index contributed by atoms with van der Waals surface area (Å²) in [5.74, 6) is 0.871. The fourth-order valence-corrected chi connectivity index (χ4v) is 2.39. The summed E-state index contributed by atoms with van der Waals surface area (Å²) in [5.41, 5.74) is 9.51. The monoisotopic (exact) mass is 185 g/mol. The lowest BCUT2D eigenvalue weighted by molar-refractivity contribution is 0.161. The lowest BCUT2D eigenvalue weighted by Gasteiger charge is -2.32. The van der Waals surface area contributed by atoms with E-state index in [1.165, 1.54) is 25.7 Å². The molecule has 1 saturated carbocycles. The first-order valence-corrected chi connectivity index (χ1v) is 5.27. The highest BCUT2D eigenvalue weighted by Crippen LogP contribution is 2.35. The maximum atomic E-state index is 5.84. The zero-order valence-corrected chi connectivity index (χ0v) is 9.14. The molecule has 2 unspecified atom stereocenters. The third-order valence-corrected chi connectivity index (χ3v) is 3.14. The van der Waals surface area contributed by atoms with Crippen molar-refractivity contribution in [3.05, 3.63) is 0 Å². The Balaban J connectivity index is 2.52. The van der Waals surface area contributed by atoms with Gasteiger partial charge < -0.3 is 5.73 Å². The molecule has 0 saturated heterocycles. The minimum absolute atomic E-state index is 0.185. The number of hydrogen-bond acceptors (Lipinski definition) is 3. The number of nitrogens with two attached hydrogens (primary N) is 1. The van der Waals surface area contributed by atoms with E-state index in [0.717, 1.165) is 12.5 Å². The second-order valence-corrected chi connectivity index (χ2v) is 4.51. The van der Waals surface area contributed by atoms with Crippen LogP contribution in [0.3, 0.4) is 0 Å². The van der Waals surface area contributed by atoms with E-state index in [1.807, 2.05) is 19.1 Å². The average molecular weight is 185 g/mol. The summed E-state index contributed by atoms with van der Waals surface area (Å²) < 4.78 is 0. The number of nitrogens with one attached hydrogen (secondary N) is 1. The topological polar surface area (TPSA) is 41.3 Å². The van der Waals surface area contributed by atoms with E-state index in [1.54, 1.807) is 0 Å². The van der Waals surface area contributed by atoms with E-state index < -0.39 is 0 Å². The molecule has 3 heteroatoms. The molecule has 3 nitrogen and oxygen atoms in total. The molecule has 0 radical (unpaired) electrons. The van der Waals surface area contributed by atoms with Gasteiger partial charge in [-0.15, -0.1) is 0 Å². The van der Waals surface area contributed by atoms with Gasteiger partial charge in [0.05, 0.1) is 0 Å². The van der Waals surface area contributed by atoms with E-state index >= 15 is 0 Å². The van der Waals surface area contributed by atoms with Crippen LogP contribution in [0.2, 0.25) is 0 Å². The molecule has 0 aromatic heterocycles. The second-order valence-electron chi connectivity index (χ2n) is 4.51. The van der Waals surface area contributed by atoms with Crippen molar-refractivity contribution in [2.45, 2.75) is 38.1 Å². The van der Waals surface area contributed by atoms with Gasteiger partial charge in [-0.25, -0.2) is 5.43 Å². The van der Waals surface area contributed by atoms with Crippen LogP contribution in [-0.2, 0) is 0 Å². The largest absolute Gasteiger partial charge is 0.329 e. The van der Waals surface area contributed by atoms with E-state index in [0.29, 0.717) is 0 Å². The van der Waals surface area contributed by atoms with Crippen molar-refractivity contribution in [2.24, 2.45) is 11.7 Å². The molecule has 0 aliphatic heterocycles. The minimum atomic E-state index is 0.185. The zero-order valence-electron chi connectivity index (χ0n) is 9.14. The van der Waals surface area contributed by atoms with Crippen LogP contribution in [0.25, 0.3) is 0 Å². The summed E-state index contributed by atoms with van der Waals surface area (Å²) in [5, 5.41) is 2.03. The Kier molecular flexibility index (Phi) is 3.71. The third kappa shape index (κ3) is 2.66. The van der Waals surface area contributed by atoms with Gasteiger partial charge in [-0.3, -0.25) is 5.01 Å². The molecule has 1 aliphatic rings. The van der Waals surface area contributed by atoms with Gasteiger partial charge in [0, 0.05) is 26.2 Å². The summed E-state index contributed by atoms with van der Waals surface area (Å²) in [7, 11) is 4.08. The lowest BCUT2D eigenvalue weighted by Crippen LogP contribution is -2.54. The number of hydrogen-bond donors (Lipinski definition) is 2. The highest BCUT2D eigenvalue weighted by Gasteiger charge is 2.37. The molecular formula is C10H23N3. The van der Waals surface area contributed by atoms with Crippen LogP contribution in [0.4, 0.5) is 0 Å². The predicted molar refractivity (Wildman–Crippen MR) is 56.2 cm³/mol. The molecule has 1 rings (SSSR count). The molecule has 78 valence electrons. The fourth-order valence-electron chi connectivity index (χ4n) is 2.39. The predicted octanol–water partition coefficient (Wildman–Crippen LogP) is 0.960. The van der Waals surface area contributed by atoms with Gasteiger partial charge in [0.1, 0.15) is 0 Å². The fraction of sp³-hybridized carbons (Fsp3) is 1.00. The molecular weight excluding hydrogens is 162 g/mol. The Morgan fingerprint density at radius 3 is 2.62 bits per heavy atom. The first-order valence-electron chi connectivity index (χ1n) is 5.27. The molecule has 13 heavy (non-hydrogen) atoms. The molecule has 0 aromatic carbocycles. The SMILES string of the molecule is CCC1CCC(CN)(NN(C)C)C1. The van der Waals surface area contributed by atoms with Crippen LogP contribution in [0.5, 0.6) is 0 Å². The van der Waals surface area contributed by atoms with Gasteiger partial charge in [0.2, 0.25) is 0 Å². The Morgan fingerprint density at radius 2 is 2.23 bits per heavy atom. The molecule has 2 atom stereocenters. The van der Waals surface area contributed by atoms with Crippen molar-refractivity contribution >= 4 is 0 Å². The Morgan fingerprint density at radius 1 is 1.54 bits per heavy atom. The molecule has 0 spiro atoms. The maximum Gasteiger partial charge on any atom is 0.0450 e. The first kappa shape index (κ1) is 11.0. The summed E-state index contributed by atoms with van der Waals surface area (Å²) in [6, 6.07) is 0. The smallest absolute Gasteiger partial charge is 0.0450 e. The Bertz CT molecular complexity index is 158. The summed E-state index contributed by atoms with van der Waals surface area (Å²) >= 11 is 0. The first-order chi connectivity index (χ1) is 6.12. The normalized spacial score (nSPS) is 34.4. The quantitative estimate of drug-likeness (QED) is 0.641. The summed E-state index contributed by atoms with van der Waals surface area (Å²) in [6.07, 6.45) is 5.07. The standard InChI is InChI=1S/C10H23N3/c1-4-9-5-6-10(7-9,8-11)12-13(2)3/h9,12H,4-8,11H2,1-3H3. The van der Waals surface area contributed by atoms with E-state index in [4.69, 9.17) is 5.73 Å². The highest BCUT2D eigenvalue weighted by molar-refractivity contribution is 4.95. The minimum Gasteiger partial charge on any atom is -0.329 e. The van der Waals surface area contributed by atoms with Crippen molar-refractivity contribution < 1.29 is 0 Å². The van der Waals surface area contributed by atoms with Crippen LogP contribution >= 0.6 is 0 Å². The van der Waals surface area contributed by atoms with Gasteiger partial charge in [0.15, 0.2) is 0 Å². The molecule has 3 N–H and O–H groups in total. The van der Waals surface area contributed by atoms with Crippen LogP contribution in [-0.4, -0.2) is 31.2 Å². The highest BCUT2D eigenvalue weighted by atomic mass is 15.5. The zero-order chi connectivity index (χ0) is 9.90. The van der Waals surface area contributed by atoms with E-state index in [2.05, 4.69) is 12.3 Å². The van der Waals surface area contributed by atoms with Crippen molar-refractivity contribution in [1.29, 1.82) is 0 Å². The molecule has 0 amide bonds. The second kappa shape index (κ2) is 4.40. The van der Waals surface area contributed by atoms with Gasteiger partial charge in [-0.1, -0.05) is 13.3 Å². The van der Waals surface area contributed by atoms with Gasteiger partial charge in [-0.05, 0) is 25.2 Å². The molecule has 1 aliphatic carbocycles. The Labute approximate surface area is 81.6 Å². The average Bonchev–Trinajstić information content (AvgIpc) is 2.48. The van der Waals surface area contributed by atoms with E-state index in [9.17, 15) is 0 Å². The van der Waals surface area contributed by atoms with Crippen LogP contribution in [0.1, 0.15) is 32.6 Å². The summed E-state index contributed by atoms with van der Waals surface area (Å²) in [6.45, 7) is 3.02.